The topological polar surface area (TPSA) is 80.9 Å². The number of nitrogens with zero attached hydrogens (tertiary/aromatic N) is 2. The van der Waals surface area contributed by atoms with Crippen LogP contribution in [0.25, 0.3) is 22.2 Å². The molecule has 29 heavy (non-hydrogen) atoms. The molecule has 5 heteroatoms. The van der Waals surface area contributed by atoms with Crippen molar-refractivity contribution < 1.29 is 4.79 Å². The number of amides is 1. The maximum atomic E-state index is 12.5. The molecule has 0 aliphatic rings. The van der Waals surface area contributed by atoms with Gasteiger partial charge in [0.05, 0.1) is 11.2 Å². The summed E-state index contributed by atoms with van der Waals surface area (Å²) in [4.78, 5) is 21.4. The molecular weight excluding hydrogens is 360 g/mol. The number of pyridine rings is 2. The number of nitrogens with one attached hydrogen (secondary N) is 1. The third-order valence-electron chi connectivity index (χ3n) is 5.04. The van der Waals surface area contributed by atoms with Crippen LogP contribution >= 0.6 is 0 Å². The molecule has 0 aliphatic heterocycles. The van der Waals surface area contributed by atoms with E-state index >= 15 is 0 Å². The smallest absolute Gasteiger partial charge is 0.223 e. The summed E-state index contributed by atoms with van der Waals surface area (Å²) in [5.74, 6) is 0.365. The summed E-state index contributed by atoms with van der Waals surface area (Å²) in [6.07, 6.45) is 3.29. The van der Waals surface area contributed by atoms with Crippen molar-refractivity contribution in [1.82, 2.24) is 15.3 Å². The first-order valence-corrected chi connectivity index (χ1v) is 10.1. The second-order valence-corrected chi connectivity index (χ2v) is 8.86. The number of carbonyl (C=O) groups is 1. The quantitative estimate of drug-likeness (QED) is 0.644. The zero-order valence-corrected chi connectivity index (χ0v) is 17.7. The van der Waals surface area contributed by atoms with Crippen molar-refractivity contribution in [2.45, 2.75) is 40.5 Å². The lowest BCUT2D eigenvalue weighted by Gasteiger charge is -2.19. The lowest BCUT2D eigenvalue weighted by atomic mass is 9.92. The van der Waals surface area contributed by atoms with Gasteiger partial charge in [-0.2, -0.15) is 0 Å². The van der Waals surface area contributed by atoms with Gasteiger partial charge in [-0.1, -0.05) is 39.8 Å². The molecule has 1 amide bonds. The standard InChI is InChI=1S/C24H30N4O/c1-16(23(29)27-12-10-24(2,3)4)13-19-15-18-14-17(20-7-5-6-11-26-20)8-9-21(18)28-22(19)25/h5-9,11,14-16H,10,12-13H2,1-4H3,(H2,25,28)(H,27,29). The predicted octanol–water partition coefficient (Wildman–Crippen LogP) is 4.61. The fraction of sp³-hybridized carbons (Fsp3) is 0.375. The van der Waals surface area contributed by atoms with E-state index in [9.17, 15) is 4.79 Å². The summed E-state index contributed by atoms with van der Waals surface area (Å²) in [5, 5.41) is 4.04. The lowest BCUT2D eigenvalue weighted by Crippen LogP contribution is -2.32. The summed E-state index contributed by atoms with van der Waals surface area (Å²) < 4.78 is 0. The molecule has 2 aromatic heterocycles. The van der Waals surface area contributed by atoms with E-state index in [2.05, 4.69) is 42.1 Å². The van der Waals surface area contributed by atoms with Crippen LogP contribution < -0.4 is 11.1 Å². The molecule has 0 aliphatic carbocycles. The Labute approximate surface area is 172 Å². The van der Waals surface area contributed by atoms with Crippen LogP contribution in [-0.2, 0) is 11.2 Å². The minimum Gasteiger partial charge on any atom is -0.383 e. The summed E-state index contributed by atoms with van der Waals surface area (Å²) in [6.45, 7) is 9.13. The molecule has 0 fully saturated rings. The van der Waals surface area contributed by atoms with Crippen molar-refractivity contribution in [2.75, 3.05) is 12.3 Å². The summed E-state index contributed by atoms with van der Waals surface area (Å²) in [7, 11) is 0. The molecule has 3 N–H and O–H groups in total. The molecule has 0 bridgehead atoms. The normalized spacial score (nSPS) is 12.7. The number of nitrogens with two attached hydrogens (primary N) is 1. The first-order chi connectivity index (χ1) is 13.7. The first kappa shape index (κ1) is 20.8. The molecule has 152 valence electrons. The maximum Gasteiger partial charge on any atom is 0.223 e. The summed E-state index contributed by atoms with van der Waals surface area (Å²) >= 11 is 0. The summed E-state index contributed by atoms with van der Waals surface area (Å²) in [5.41, 5.74) is 10.1. The van der Waals surface area contributed by atoms with Crippen LogP contribution in [0.5, 0.6) is 0 Å². The summed E-state index contributed by atoms with van der Waals surface area (Å²) in [6, 6.07) is 13.9. The van der Waals surface area contributed by atoms with Gasteiger partial charge in [-0.15, -0.1) is 0 Å². The maximum absolute atomic E-state index is 12.5. The number of carbonyl (C=O) groups excluding carboxylic acids is 1. The van der Waals surface area contributed by atoms with E-state index in [-0.39, 0.29) is 17.2 Å². The van der Waals surface area contributed by atoms with Crippen LogP contribution in [0.3, 0.4) is 0 Å². The Kier molecular flexibility index (Phi) is 6.16. The molecule has 2 heterocycles. The van der Waals surface area contributed by atoms with Gasteiger partial charge >= 0.3 is 0 Å². The van der Waals surface area contributed by atoms with Crippen LogP contribution in [-0.4, -0.2) is 22.4 Å². The van der Waals surface area contributed by atoms with Crippen LogP contribution in [0.4, 0.5) is 5.82 Å². The van der Waals surface area contributed by atoms with E-state index in [1.165, 1.54) is 0 Å². The Hall–Kier alpha value is -2.95. The molecule has 0 radical (unpaired) electrons. The van der Waals surface area contributed by atoms with Crippen LogP contribution in [0.15, 0.2) is 48.7 Å². The number of anilines is 1. The number of aromatic nitrogens is 2. The highest BCUT2D eigenvalue weighted by atomic mass is 16.1. The van der Waals surface area contributed by atoms with Crippen molar-refractivity contribution in [1.29, 1.82) is 0 Å². The highest BCUT2D eigenvalue weighted by molar-refractivity contribution is 5.86. The SMILES string of the molecule is CC(Cc1cc2cc(-c3ccccn3)ccc2nc1N)C(=O)NCCC(C)(C)C. The Morgan fingerprint density at radius 1 is 1.17 bits per heavy atom. The van der Waals surface area contributed by atoms with Crippen LogP contribution in [0, 0.1) is 11.3 Å². The molecule has 1 atom stereocenters. The van der Waals surface area contributed by atoms with Gasteiger partial charge in [-0.25, -0.2) is 4.98 Å². The van der Waals surface area contributed by atoms with Gasteiger partial charge in [0.25, 0.3) is 0 Å². The minimum absolute atomic E-state index is 0.0518. The van der Waals surface area contributed by atoms with Crippen molar-refractivity contribution in [3.05, 3.63) is 54.2 Å². The van der Waals surface area contributed by atoms with E-state index in [1.807, 2.05) is 43.3 Å². The fourth-order valence-electron chi connectivity index (χ4n) is 3.25. The van der Waals surface area contributed by atoms with Gasteiger partial charge in [-0.05, 0) is 54.2 Å². The Morgan fingerprint density at radius 2 is 1.97 bits per heavy atom. The average Bonchev–Trinajstić information content (AvgIpc) is 2.67. The number of fused-ring (bicyclic) bond motifs is 1. The fourth-order valence-corrected chi connectivity index (χ4v) is 3.25. The largest absolute Gasteiger partial charge is 0.383 e. The molecule has 3 rings (SSSR count). The molecule has 5 nitrogen and oxygen atoms in total. The second-order valence-electron chi connectivity index (χ2n) is 8.86. The van der Waals surface area contributed by atoms with E-state index in [0.717, 1.165) is 34.1 Å². The zero-order chi connectivity index (χ0) is 21.0. The van der Waals surface area contributed by atoms with Gasteiger partial charge in [0, 0.05) is 29.6 Å². The average molecular weight is 391 g/mol. The highest BCUT2D eigenvalue weighted by Gasteiger charge is 2.17. The number of benzene rings is 1. The molecule has 0 saturated carbocycles. The molecule has 0 spiro atoms. The van der Waals surface area contributed by atoms with E-state index in [4.69, 9.17) is 5.73 Å². The van der Waals surface area contributed by atoms with Gasteiger partial charge in [0.2, 0.25) is 5.91 Å². The zero-order valence-electron chi connectivity index (χ0n) is 17.7. The van der Waals surface area contributed by atoms with Gasteiger partial charge in [-0.3, -0.25) is 9.78 Å². The van der Waals surface area contributed by atoms with Gasteiger partial charge in [0.1, 0.15) is 5.82 Å². The van der Waals surface area contributed by atoms with E-state index in [1.54, 1.807) is 6.20 Å². The number of nitrogen functional groups attached to an aromatic ring is 1. The first-order valence-electron chi connectivity index (χ1n) is 10.1. The van der Waals surface area contributed by atoms with Crippen LogP contribution in [0.2, 0.25) is 0 Å². The Bertz CT molecular complexity index is 993. The van der Waals surface area contributed by atoms with Gasteiger partial charge in [0.15, 0.2) is 0 Å². The number of hydrogen-bond donors (Lipinski definition) is 2. The molecule has 0 saturated heterocycles. The van der Waals surface area contributed by atoms with E-state index < -0.39 is 0 Å². The molecular formula is C24H30N4O. The number of hydrogen-bond acceptors (Lipinski definition) is 4. The van der Waals surface area contributed by atoms with Crippen molar-refractivity contribution >= 4 is 22.6 Å². The van der Waals surface area contributed by atoms with Crippen molar-refractivity contribution in [3.8, 4) is 11.3 Å². The molecule has 1 unspecified atom stereocenters. The monoisotopic (exact) mass is 390 g/mol. The minimum atomic E-state index is -0.171. The second kappa shape index (κ2) is 8.60. The lowest BCUT2D eigenvalue weighted by molar-refractivity contribution is -0.124. The predicted molar refractivity (Wildman–Crippen MR) is 119 cm³/mol. The molecule has 3 aromatic rings. The van der Waals surface area contributed by atoms with Crippen molar-refractivity contribution in [3.63, 3.8) is 0 Å². The third kappa shape index (κ3) is 5.53. The Balaban J connectivity index is 1.76. The van der Waals surface area contributed by atoms with Crippen molar-refractivity contribution in [2.24, 2.45) is 11.3 Å². The highest BCUT2D eigenvalue weighted by Crippen LogP contribution is 2.26. The van der Waals surface area contributed by atoms with Crippen LogP contribution in [0.1, 0.15) is 39.7 Å². The number of rotatable bonds is 6. The van der Waals surface area contributed by atoms with Gasteiger partial charge < -0.3 is 11.1 Å². The third-order valence-corrected chi connectivity index (χ3v) is 5.04. The molecule has 1 aromatic carbocycles. The van der Waals surface area contributed by atoms with E-state index in [0.29, 0.717) is 18.8 Å². The Morgan fingerprint density at radius 3 is 2.66 bits per heavy atom.